The van der Waals surface area contributed by atoms with Crippen molar-refractivity contribution in [1.29, 1.82) is 0 Å². The van der Waals surface area contributed by atoms with Crippen LogP contribution in [0.5, 0.6) is 5.75 Å². The van der Waals surface area contributed by atoms with Crippen molar-refractivity contribution in [2.45, 2.75) is 6.43 Å². The molecule has 0 saturated heterocycles. The molecule has 1 aromatic heterocycles. The summed E-state index contributed by atoms with van der Waals surface area (Å²) < 4.78 is 24.6. The van der Waals surface area contributed by atoms with Gasteiger partial charge in [-0.15, -0.1) is 0 Å². The van der Waals surface area contributed by atoms with E-state index in [1.165, 1.54) is 0 Å². The summed E-state index contributed by atoms with van der Waals surface area (Å²) >= 11 is 5.01. The zero-order valence-corrected chi connectivity index (χ0v) is 7.42. The molecule has 0 unspecified atom stereocenters. The van der Waals surface area contributed by atoms with Crippen molar-refractivity contribution in [2.75, 3.05) is 5.73 Å². The Morgan fingerprint density at radius 2 is 2.21 bits per heavy atom. The first-order chi connectivity index (χ1) is 6.43. The van der Waals surface area contributed by atoms with Crippen LogP contribution in [0.1, 0.15) is 22.5 Å². The van der Waals surface area contributed by atoms with Crippen LogP contribution in [0.2, 0.25) is 0 Å². The van der Waals surface area contributed by atoms with E-state index in [1.807, 2.05) is 0 Å². The van der Waals surface area contributed by atoms with Crippen LogP contribution >= 0.6 is 11.6 Å². The summed E-state index contributed by atoms with van der Waals surface area (Å²) in [5.41, 5.74) is 3.70. The lowest BCUT2D eigenvalue weighted by Crippen LogP contribution is -2.04. The summed E-state index contributed by atoms with van der Waals surface area (Å²) in [6.45, 7) is 0. The number of carbonyl (C=O) groups excluding carboxylic acids is 1. The van der Waals surface area contributed by atoms with Gasteiger partial charge in [0.25, 0.3) is 11.7 Å². The normalized spacial score (nSPS) is 10.6. The first-order valence-electron chi connectivity index (χ1n) is 3.41. The molecule has 0 spiro atoms. The first kappa shape index (κ1) is 10.6. The van der Waals surface area contributed by atoms with Gasteiger partial charge in [-0.2, -0.15) is 0 Å². The minimum atomic E-state index is -2.98. The fourth-order valence-electron chi connectivity index (χ4n) is 0.856. The van der Waals surface area contributed by atoms with Gasteiger partial charge in [-0.3, -0.25) is 4.79 Å². The molecule has 0 aliphatic rings. The lowest BCUT2D eigenvalue weighted by Gasteiger charge is -2.06. The van der Waals surface area contributed by atoms with Crippen molar-refractivity contribution >= 4 is 22.7 Å². The monoisotopic (exact) mass is 222 g/mol. The van der Waals surface area contributed by atoms with E-state index < -0.39 is 34.5 Å². The average Bonchev–Trinajstić information content (AvgIpc) is 2.08. The maximum atomic E-state index is 12.3. The van der Waals surface area contributed by atoms with Crippen molar-refractivity contribution in [3.63, 3.8) is 0 Å². The summed E-state index contributed by atoms with van der Waals surface area (Å²) in [7, 11) is 0. The SMILES string of the molecule is Nc1nc(C(F)F)c(C(=O)Cl)cc1O. The highest BCUT2D eigenvalue weighted by molar-refractivity contribution is 6.67. The standard InChI is InChI=1S/C7H5ClF2N2O2/c8-5(14)2-1-3(13)7(11)12-4(2)6(9)10/h1,6,13H,(H2,11,12). The van der Waals surface area contributed by atoms with Crippen LogP contribution in [0.3, 0.4) is 0 Å². The lowest BCUT2D eigenvalue weighted by atomic mass is 10.2. The molecular formula is C7H5ClF2N2O2. The van der Waals surface area contributed by atoms with E-state index in [9.17, 15) is 13.6 Å². The maximum Gasteiger partial charge on any atom is 0.281 e. The molecule has 0 amide bonds. The van der Waals surface area contributed by atoms with Gasteiger partial charge < -0.3 is 10.8 Å². The molecule has 0 aliphatic heterocycles. The summed E-state index contributed by atoms with van der Waals surface area (Å²) in [5.74, 6) is -1.03. The molecule has 1 rings (SSSR count). The van der Waals surface area contributed by atoms with Gasteiger partial charge in [0.1, 0.15) is 5.69 Å². The van der Waals surface area contributed by atoms with Gasteiger partial charge in [-0.05, 0) is 17.7 Å². The van der Waals surface area contributed by atoms with Crippen molar-refractivity contribution in [1.82, 2.24) is 4.98 Å². The van der Waals surface area contributed by atoms with Gasteiger partial charge >= 0.3 is 0 Å². The predicted octanol–water partition coefficient (Wildman–Crippen LogP) is 1.69. The quantitative estimate of drug-likeness (QED) is 0.747. The molecule has 0 bridgehead atoms. The number of halogens is 3. The number of carbonyl (C=O) groups is 1. The molecule has 14 heavy (non-hydrogen) atoms. The van der Waals surface area contributed by atoms with Gasteiger partial charge in [0, 0.05) is 0 Å². The van der Waals surface area contributed by atoms with E-state index in [2.05, 4.69) is 4.98 Å². The molecule has 76 valence electrons. The van der Waals surface area contributed by atoms with E-state index in [0.717, 1.165) is 6.07 Å². The van der Waals surface area contributed by atoms with Crippen LogP contribution < -0.4 is 5.73 Å². The van der Waals surface area contributed by atoms with Crippen molar-refractivity contribution in [3.8, 4) is 5.75 Å². The topological polar surface area (TPSA) is 76.2 Å². The van der Waals surface area contributed by atoms with E-state index in [-0.39, 0.29) is 0 Å². The van der Waals surface area contributed by atoms with Crippen LogP contribution in [0.25, 0.3) is 0 Å². The minimum absolute atomic E-state index is 0.470. The second-order valence-electron chi connectivity index (χ2n) is 2.40. The Labute approximate surface area is 82.3 Å². The van der Waals surface area contributed by atoms with Gasteiger partial charge in [0.15, 0.2) is 11.6 Å². The third kappa shape index (κ3) is 1.90. The third-order valence-corrected chi connectivity index (χ3v) is 1.68. The smallest absolute Gasteiger partial charge is 0.281 e. The van der Waals surface area contributed by atoms with Crippen LogP contribution in [-0.2, 0) is 0 Å². The van der Waals surface area contributed by atoms with Gasteiger partial charge in [-0.1, -0.05) is 0 Å². The molecule has 0 aliphatic carbocycles. The number of aromatic nitrogens is 1. The van der Waals surface area contributed by atoms with Crippen molar-refractivity contribution in [3.05, 3.63) is 17.3 Å². The van der Waals surface area contributed by atoms with E-state index in [4.69, 9.17) is 22.4 Å². The van der Waals surface area contributed by atoms with E-state index in [1.54, 1.807) is 0 Å². The summed E-state index contributed by atoms with van der Waals surface area (Å²) in [6, 6.07) is 0.763. The van der Waals surface area contributed by atoms with Gasteiger partial charge in [0.05, 0.1) is 5.56 Å². The number of hydrogen-bond acceptors (Lipinski definition) is 4. The zero-order chi connectivity index (χ0) is 10.9. The Morgan fingerprint density at radius 1 is 1.64 bits per heavy atom. The first-order valence-corrected chi connectivity index (χ1v) is 3.78. The number of alkyl halides is 2. The average molecular weight is 223 g/mol. The van der Waals surface area contributed by atoms with Crippen LogP contribution in [-0.4, -0.2) is 15.3 Å². The Morgan fingerprint density at radius 3 is 2.64 bits per heavy atom. The number of aromatic hydroxyl groups is 1. The Hall–Kier alpha value is -1.43. The molecule has 0 fully saturated rings. The van der Waals surface area contributed by atoms with Crippen molar-refractivity contribution in [2.24, 2.45) is 0 Å². The third-order valence-electron chi connectivity index (χ3n) is 1.48. The summed E-state index contributed by atoms with van der Waals surface area (Å²) in [6.07, 6.45) is -2.98. The molecule has 4 nitrogen and oxygen atoms in total. The largest absolute Gasteiger partial charge is 0.504 e. The summed E-state index contributed by atoms with van der Waals surface area (Å²) in [5, 5.41) is 7.89. The van der Waals surface area contributed by atoms with Gasteiger partial charge in [0.2, 0.25) is 0 Å². The second kappa shape index (κ2) is 3.75. The predicted molar refractivity (Wildman–Crippen MR) is 45.5 cm³/mol. The number of rotatable bonds is 2. The fraction of sp³-hybridized carbons (Fsp3) is 0.143. The van der Waals surface area contributed by atoms with E-state index >= 15 is 0 Å². The molecule has 0 aromatic carbocycles. The zero-order valence-electron chi connectivity index (χ0n) is 6.67. The molecule has 3 N–H and O–H groups in total. The molecule has 1 aromatic rings. The molecule has 7 heteroatoms. The Balaban J connectivity index is 3.39. The number of nitrogen functional groups attached to an aromatic ring is 1. The van der Waals surface area contributed by atoms with Crippen LogP contribution in [0.4, 0.5) is 14.6 Å². The number of anilines is 1. The second-order valence-corrected chi connectivity index (χ2v) is 2.74. The number of pyridine rings is 1. The number of nitrogens with zero attached hydrogens (tertiary/aromatic N) is 1. The molecule has 0 saturated carbocycles. The lowest BCUT2D eigenvalue weighted by molar-refractivity contribution is 0.106. The molecule has 0 radical (unpaired) electrons. The minimum Gasteiger partial charge on any atom is -0.504 e. The number of nitrogens with two attached hydrogens (primary N) is 1. The summed E-state index contributed by atoms with van der Waals surface area (Å²) in [4.78, 5) is 13.8. The number of hydrogen-bond donors (Lipinski definition) is 2. The van der Waals surface area contributed by atoms with Crippen LogP contribution in [0.15, 0.2) is 6.07 Å². The molecular weight excluding hydrogens is 218 g/mol. The van der Waals surface area contributed by atoms with Crippen molar-refractivity contribution < 1.29 is 18.7 Å². The Kier molecular flexibility index (Phi) is 2.85. The highest BCUT2D eigenvalue weighted by atomic mass is 35.5. The fourth-order valence-corrected chi connectivity index (χ4v) is 1.01. The van der Waals surface area contributed by atoms with Crippen LogP contribution in [0, 0.1) is 0 Å². The highest BCUT2D eigenvalue weighted by Gasteiger charge is 2.21. The molecule has 1 heterocycles. The van der Waals surface area contributed by atoms with E-state index in [0.29, 0.717) is 0 Å². The molecule has 0 atom stereocenters. The maximum absolute atomic E-state index is 12.3. The van der Waals surface area contributed by atoms with Gasteiger partial charge in [-0.25, -0.2) is 13.8 Å². The highest BCUT2D eigenvalue weighted by Crippen LogP contribution is 2.28. The Bertz CT molecular complexity index is 384.